The molecule has 6 atom stereocenters. The SMILES string of the molecule is CC1NC(=O)C(CO)NC(=O)C(NC(=O)CC(N)CCCN)CNC(=O)C(C2CCNC(=N)N2)NC(=O)/C(=C/NC(N)=O)NC1=O. The Hall–Kier alpha value is -5.02. The molecule has 0 spiro atoms. The van der Waals surface area contributed by atoms with Gasteiger partial charge in [-0.1, -0.05) is 0 Å². The van der Waals surface area contributed by atoms with Gasteiger partial charge >= 0.3 is 6.03 Å². The van der Waals surface area contributed by atoms with E-state index in [9.17, 15) is 38.7 Å². The quantitative estimate of drug-likeness (QED) is 0.103. The second kappa shape index (κ2) is 18.1. The van der Waals surface area contributed by atoms with Crippen molar-refractivity contribution in [3.63, 3.8) is 0 Å². The van der Waals surface area contributed by atoms with Gasteiger partial charge in [-0.05, 0) is 32.7 Å². The molecule has 0 aromatic heterocycles. The Kier molecular flexibility index (Phi) is 14.6. The van der Waals surface area contributed by atoms with Crippen molar-refractivity contribution in [1.29, 1.82) is 5.41 Å². The molecule has 2 heterocycles. The van der Waals surface area contributed by atoms with Crippen LogP contribution in [0.4, 0.5) is 4.79 Å². The summed E-state index contributed by atoms with van der Waals surface area (Å²) in [6.07, 6.45) is 1.81. The highest BCUT2D eigenvalue weighted by atomic mass is 16.3. The molecule has 0 bridgehead atoms. The van der Waals surface area contributed by atoms with Gasteiger partial charge in [0.05, 0.1) is 12.6 Å². The van der Waals surface area contributed by atoms with Crippen LogP contribution < -0.4 is 65.1 Å². The third-order valence-electron chi connectivity index (χ3n) is 6.85. The molecule has 21 heteroatoms. The monoisotopic (exact) mass is 653 g/mol. The van der Waals surface area contributed by atoms with Gasteiger partial charge in [-0.3, -0.25) is 34.2 Å². The third kappa shape index (κ3) is 11.8. The lowest BCUT2D eigenvalue weighted by molar-refractivity contribution is -0.135. The average molecular weight is 654 g/mol. The van der Waals surface area contributed by atoms with Crippen molar-refractivity contribution in [2.45, 2.75) is 68.9 Å². The van der Waals surface area contributed by atoms with E-state index < -0.39 is 96.6 Å². The molecule has 6 unspecified atom stereocenters. The Bertz CT molecular complexity index is 1210. The van der Waals surface area contributed by atoms with Crippen LogP contribution in [0.5, 0.6) is 0 Å². The second-order valence-electron chi connectivity index (χ2n) is 10.6. The molecule has 17 N–H and O–H groups in total. The van der Waals surface area contributed by atoms with Crippen LogP contribution in [0.15, 0.2) is 11.9 Å². The molecule has 2 fully saturated rings. The van der Waals surface area contributed by atoms with Crippen LogP contribution in [0.3, 0.4) is 0 Å². The van der Waals surface area contributed by atoms with Crippen LogP contribution >= 0.6 is 0 Å². The first-order chi connectivity index (χ1) is 21.7. The molecule has 0 aromatic carbocycles. The maximum Gasteiger partial charge on any atom is 0.316 e. The molecule has 0 saturated carbocycles. The number of carbonyl (C=O) groups is 7. The Morgan fingerprint density at radius 1 is 1.04 bits per heavy atom. The van der Waals surface area contributed by atoms with Gasteiger partial charge in [0, 0.05) is 31.8 Å². The molecule has 2 aliphatic rings. The molecule has 46 heavy (non-hydrogen) atoms. The van der Waals surface area contributed by atoms with Crippen molar-refractivity contribution < 1.29 is 38.7 Å². The second-order valence-corrected chi connectivity index (χ2v) is 10.6. The number of primary amides is 1. The Balaban J connectivity index is 2.47. The van der Waals surface area contributed by atoms with Gasteiger partial charge in [-0.15, -0.1) is 0 Å². The van der Waals surface area contributed by atoms with E-state index >= 15 is 0 Å². The lowest BCUT2D eigenvalue weighted by Gasteiger charge is -2.33. The minimum absolute atomic E-state index is 0.139. The highest BCUT2D eigenvalue weighted by Crippen LogP contribution is 2.06. The predicted molar refractivity (Wildman–Crippen MR) is 161 cm³/mol. The fourth-order valence-corrected chi connectivity index (χ4v) is 4.36. The molecule has 2 rings (SSSR count). The van der Waals surface area contributed by atoms with Gasteiger partial charge in [-0.25, -0.2) is 4.79 Å². The minimum Gasteiger partial charge on any atom is -0.394 e. The van der Waals surface area contributed by atoms with E-state index in [1.165, 1.54) is 6.92 Å². The van der Waals surface area contributed by atoms with Crippen molar-refractivity contribution >= 4 is 47.4 Å². The molecule has 0 radical (unpaired) electrons. The zero-order valence-corrected chi connectivity index (χ0v) is 25.2. The van der Waals surface area contributed by atoms with Gasteiger partial charge in [0.15, 0.2) is 5.96 Å². The van der Waals surface area contributed by atoms with Gasteiger partial charge in [0.25, 0.3) is 5.91 Å². The molecule has 0 aromatic rings. The van der Waals surface area contributed by atoms with Crippen LogP contribution in [0.25, 0.3) is 0 Å². The highest BCUT2D eigenvalue weighted by Gasteiger charge is 2.35. The molecule has 8 amide bonds. The summed E-state index contributed by atoms with van der Waals surface area (Å²) in [7, 11) is 0. The number of carbonyl (C=O) groups excluding carboxylic acids is 7. The van der Waals surface area contributed by atoms with Gasteiger partial charge in [0.1, 0.15) is 29.9 Å². The first-order valence-corrected chi connectivity index (χ1v) is 14.5. The minimum atomic E-state index is -1.59. The number of aliphatic hydroxyl groups excluding tert-OH is 1. The molecular formula is C25H43N13O8. The summed E-state index contributed by atoms with van der Waals surface area (Å²) in [5.74, 6) is -5.64. The standard InChI is InChI=1S/C25H43N13O8/c1-11-19(41)35-15(9-32-25(29)46)21(43)38-18(13-4-6-30-24(28)37-13)23(45)31-8-14(20(42)36-16(10-39)22(44)33-11)34-17(40)7-12(27)3-2-5-26/h9,11-14,16,18,39H,2-8,10,26-27H2,1H3,(H,31,45)(H,33,44)(H,34,40)(H,35,41)(H,36,42)(H,38,43)(H3,28,30,37)(H3,29,32,46)/b15-9-. The summed E-state index contributed by atoms with van der Waals surface area (Å²) in [5.41, 5.74) is 16.0. The van der Waals surface area contributed by atoms with Crippen molar-refractivity contribution in [2.24, 2.45) is 17.2 Å². The van der Waals surface area contributed by atoms with E-state index in [1.807, 2.05) is 5.32 Å². The van der Waals surface area contributed by atoms with E-state index in [0.717, 1.165) is 6.20 Å². The van der Waals surface area contributed by atoms with E-state index in [4.69, 9.17) is 22.6 Å². The molecule has 2 aliphatic heterocycles. The van der Waals surface area contributed by atoms with Crippen molar-refractivity contribution in [3.05, 3.63) is 11.9 Å². The number of nitrogens with one attached hydrogen (secondary N) is 10. The normalized spacial score (nSPS) is 26.6. The largest absolute Gasteiger partial charge is 0.394 e. The summed E-state index contributed by atoms with van der Waals surface area (Å²) in [6, 6.07) is -8.39. The third-order valence-corrected chi connectivity index (χ3v) is 6.85. The zero-order valence-electron chi connectivity index (χ0n) is 25.2. The molecule has 256 valence electrons. The number of amides is 8. The van der Waals surface area contributed by atoms with Gasteiger partial charge < -0.3 is 70.2 Å². The number of hydrogen-bond donors (Lipinski definition) is 14. The number of urea groups is 1. The van der Waals surface area contributed by atoms with Crippen LogP contribution in [-0.4, -0.2) is 115 Å². The molecule has 21 nitrogen and oxygen atoms in total. The lowest BCUT2D eigenvalue weighted by Crippen LogP contribution is -2.65. The van der Waals surface area contributed by atoms with E-state index in [2.05, 4.69) is 42.5 Å². The Labute approximate surface area is 263 Å². The Morgan fingerprint density at radius 3 is 2.39 bits per heavy atom. The number of guanidine groups is 1. The number of hydrogen-bond acceptors (Lipinski definition) is 11. The molecule has 0 aliphatic carbocycles. The average Bonchev–Trinajstić information content (AvgIpc) is 3.00. The summed E-state index contributed by atoms with van der Waals surface area (Å²) in [6.45, 7) is 0.404. The van der Waals surface area contributed by atoms with Gasteiger partial charge in [0.2, 0.25) is 29.5 Å². The summed E-state index contributed by atoms with van der Waals surface area (Å²) in [5, 5.41) is 39.4. The smallest absolute Gasteiger partial charge is 0.316 e. The molecule has 2 saturated heterocycles. The number of aliphatic hydroxyl groups is 1. The van der Waals surface area contributed by atoms with E-state index in [-0.39, 0.29) is 25.3 Å². The fourth-order valence-electron chi connectivity index (χ4n) is 4.36. The summed E-state index contributed by atoms with van der Waals surface area (Å²) in [4.78, 5) is 89.9. The van der Waals surface area contributed by atoms with E-state index in [0.29, 0.717) is 19.4 Å². The number of rotatable bonds is 9. The first-order valence-electron chi connectivity index (χ1n) is 14.5. The van der Waals surface area contributed by atoms with Crippen molar-refractivity contribution in [1.82, 2.24) is 47.9 Å². The van der Waals surface area contributed by atoms with Crippen molar-refractivity contribution in [3.8, 4) is 0 Å². The van der Waals surface area contributed by atoms with Crippen LogP contribution in [0.2, 0.25) is 0 Å². The van der Waals surface area contributed by atoms with Crippen LogP contribution in [0, 0.1) is 5.41 Å². The maximum absolute atomic E-state index is 13.5. The number of nitrogens with two attached hydrogens (primary N) is 3. The summed E-state index contributed by atoms with van der Waals surface area (Å²) < 4.78 is 0. The van der Waals surface area contributed by atoms with E-state index in [1.54, 1.807) is 0 Å². The maximum atomic E-state index is 13.5. The van der Waals surface area contributed by atoms with Crippen LogP contribution in [0.1, 0.15) is 32.6 Å². The predicted octanol–water partition coefficient (Wildman–Crippen LogP) is -6.96. The first kappa shape index (κ1) is 37.2. The topological polar surface area (TPSA) is 350 Å². The van der Waals surface area contributed by atoms with Gasteiger partial charge in [-0.2, -0.15) is 0 Å². The zero-order chi connectivity index (χ0) is 34.4. The highest BCUT2D eigenvalue weighted by molar-refractivity contribution is 6.02. The van der Waals surface area contributed by atoms with Crippen molar-refractivity contribution in [2.75, 3.05) is 26.2 Å². The van der Waals surface area contributed by atoms with Crippen LogP contribution in [-0.2, 0) is 28.8 Å². The fraction of sp³-hybridized carbons (Fsp3) is 0.600. The molecular weight excluding hydrogens is 610 g/mol. The summed E-state index contributed by atoms with van der Waals surface area (Å²) >= 11 is 0. The Morgan fingerprint density at radius 2 is 1.76 bits per heavy atom. The lowest BCUT2D eigenvalue weighted by atomic mass is 10.0.